The summed E-state index contributed by atoms with van der Waals surface area (Å²) in [7, 11) is 1.89. The van der Waals surface area contributed by atoms with Crippen LogP contribution in [0.4, 0.5) is 0 Å². The topological polar surface area (TPSA) is 20.3 Å². The number of ketones is 1. The van der Waals surface area contributed by atoms with Crippen molar-refractivity contribution in [3.63, 3.8) is 0 Å². The third-order valence-corrected chi connectivity index (χ3v) is 1.16. The van der Waals surface area contributed by atoms with Crippen molar-refractivity contribution in [3.8, 4) is 0 Å². The molecule has 0 amide bonds. The van der Waals surface area contributed by atoms with Crippen LogP contribution in [0.15, 0.2) is 24.6 Å². The zero-order chi connectivity index (χ0) is 6.69. The molecular formula is C7H9NO. The molecule has 0 aromatic rings. The van der Waals surface area contributed by atoms with Crippen LogP contribution >= 0.6 is 0 Å². The first-order valence-corrected chi connectivity index (χ1v) is 2.88. The van der Waals surface area contributed by atoms with E-state index in [1.165, 1.54) is 0 Å². The van der Waals surface area contributed by atoms with Crippen molar-refractivity contribution in [1.29, 1.82) is 0 Å². The van der Waals surface area contributed by atoms with Crippen LogP contribution in [0.25, 0.3) is 0 Å². The van der Waals surface area contributed by atoms with Gasteiger partial charge < -0.3 is 4.90 Å². The Morgan fingerprint density at radius 2 is 2.33 bits per heavy atom. The highest BCUT2D eigenvalue weighted by Crippen LogP contribution is 1.97. The first kappa shape index (κ1) is 6.08. The van der Waals surface area contributed by atoms with E-state index in [9.17, 15) is 4.79 Å². The molecule has 0 saturated carbocycles. The molecule has 0 atom stereocenters. The molecule has 48 valence electrons. The molecule has 0 saturated heterocycles. The number of hydrogen-bond donors (Lipinski definition) is 0. The molecule has 1 aliphatic heterocycles. The van der Waals surface area contributed by atoms with Gasteiger partial charge in [0.25, 0.3) is 0 Å². The summed E-state index contributed by atoms with van der Waals surface area (Å²) in [6.07, 6.45) is 7.59. The number of carbonyl (C=O) groups is 1. The van der Waals surface area contributed by atoms with Gasteiger partial charge in [-0.15, -0.1) is 0 Å². The first-order valence-electron chi connectivity index (χ1n) is 2.88. The van der Waals surface area contributed by atoms with Crippen molar-refractivity contribution in [1.82, 2.24) is 4.90 Å². The highest BCUT2D eigenvalue weighted by Gasteiger charge is 1.95. The molecule has 0 N–H and O–H groups in total. The Morgan fingerprint density at radius 3 is 3.11 bits per heavy atom. The van der Waals surface area contributed by atoms with Crippen molar-refractivity contribution >= 4 is 5.78 Å². The quantitative estimate of drug-likeness (QED) is 0.477. The third kappa shape index (κ3) is 1.72. The molecule has 1 rings (SSSR count). The van der Waals surface area contributed by atoms with E-state index in [0.717, 1.165) is 0 Å². The number of hydrogen-bond acceptors (Lipinski definition) is 2. The zero-order valence-electron chi connectivity index (χ0n) is 5.37. The van der Waals surface area contributed by atoms with Gasteiger partial charge >= 0.3 is 0 Å². The minimum absolute atomic E-state index is 0.163. The van der Waals surface area contributed by atoms with Crippen LogP contribution in [0.2, 0.25) is 0 Å². The number of rotatable bonds is 0. The lowest BCUT2D eigenvalue weighted by atomic mass is 10.3. The van der Waals surface area contributed by atoms with E-state index in [-0.39, 0.29) is 5.78 Å². The molecule has 9 heavy (non-hydrogen) atoms. The van der Waals surface area contributed by atoms with Gasteiger partial charge in [0.2, 0.25) is 0 Å². The van der Waals surface area contributed by atoms with E-state index >= 15 is 0 Å². The fourth-order valence-corrected chi connectivity index (χ4v) is 0.654. The lowest BCUT2D eigenvalue weighted by molar-refractivity contribution is -0.113. The second-order valence-electron chi connectivity index (χ2n) is 2.04. The van der Waals surface area contributed by atoms with E-state index in [2.05, 4.69) is 0 Å². The van der Waals surface area contributed by atoms with Gasteiger partial charge in [0.15, 0.2) is 5.78 Å². The molecule has 0 unspecified atom stereocenters. The molecule has 2 heteroatoms. The third-order valence-electron chi connectivity index (χ3n) is 1.16. The average Bonchev–Trinajstić information content (AvgIpc) is 1.97. The van der Waals surface area contributed by atoms with Crippen LogP contribution < -0.4 is 0 Å². The van der Waals surface area contributed by atoms with Gasteiger partial charge in [0.1, 0.15) is 0 Å². The van der Waals surface area contributed by atoms with Crippen LogP contribution in [-0.2, 0) is 4.79 Å². The van der Waals surface area contributed by atoms with E-state index in [1.807, 2.05) is 24.2 Å². The van der Waals surface area contributed by atoms with Gasteiger partial charge in [0.05, 0.1) is 0 Å². The summed E-state index contributed by atoms with van der Waals surface area (Å²) in [6.45, 7) is 0. The molecule has 0 bridgehead atoms. The molecule has 0 aliphatic carbocycles. The van der Waals surface area contributed by atoms with E-state index in [1.54, 1.807) is 12.3 Å². The van der Waals surface area contributed by atoms with Gasteiger partial charge in [-0.3, -0.25) is 4.79 Å². The van der Waals surface area contributed by atoms with E-state index < -0.39 is 0 Å². The van der Waals surface area contributed by atoms with Crippen molar-refractivity contribution in [3.05, 3.63) is 24.6 Å². The Kier molecular flexibility index (Phi) is 1.68. The fourth-order valence-electron chi connectivity index (χ4n) is 0.654. The number of carbonyl (C=O) groups excluding carboxylic acids is 1. The molecule has 1 aliphatic rings. The van der Waals surface area contributed by atoms with Gasteiger partial charge in [-0.1, -0.05) is 6.08 Å². The summed E-state index contributed by atoms with van der Waals surface area (Å²) < 4.78 is 0. The Morgan fingerprint density at radius 1 is 1.56 bits per heavy atom. The summed E-state index contributed by atoms with van der Waals surface area (Å²) in [5.74, 6) is 0.163. The maximum absolute atomic E-state index is 10.7. The van der Waals surface area contributed by atoms with Crippen molar-refractivity contribution in [2.75, 3.05) is 7.05 Å². The molecule has 0 aromatic carbocycles. The summed E-state index contributed by atoms with van der Waals surface area (Å²) in [6, 6.07) is 0. The highest BCUT2D eigenvalue weighted by molar-refractivity contribution is 5.90. The lowest BCUT2D eigenvalue weighted by Crippen LogP contribution is -1.97. The lowest BCUT2D eigenvalue weighted by Gasteiger charge is -2.02. The predicted octanol–water partition coefficient (Wildman–Crippen LogP) is 0.918. The van der Waals surface area contributed by atoms with Crippen LogP contribution in [0.5, 0.6) is 0 Å². The summed E-state index contributed by atoms with van der Waals surface area (Å²) in [4.78, 5) is 12.5. The SMILES string of the molecule is CN1C=CCC(=O)C=C1. The Labute approximate surface area is 54.5 Å². The van der Waals surface area contributed by atoms with E-state index in [4.69, 9.17) is 0 Å². The molecule has 2 nitrogen and oxygen atoms in total. The second kappa shape index (κ2) is 2.49. The molecule has 0 aromatic heterocycles. The first-order chi connectivity index (χ1) is 4.29. The fraction of sp³-hybridized carbons (Fsp3) is 0.286. The summed E-state index contributed by atoms with van der Waals surface area (Å²) >= 11 is 0. The molecule has 0 fully saturated rings. The smallest absolute Gasteiger partial charge is 0.160 e. The second-order valence-corrected chi connectivity index (χ2v) is 2.04. The molecule has 0 spiro atoms. The molecular weight excluding hydrogens is 114 g/mol. The minimum Gasteiger partial charge on any atom is -0.357 e. The number of nitrogens with zero attached hydrogens (tertiary/aromatic N) is 1. The average molecular weight is 123 g/mol. The maximum atomic E-state index is 10.7. The molecule has 0 radical (unpaired) electrons. The Hall–Kier alpha value is -1.05. The van der Waals surface area contributed by atoms with Crippen molar-refractivity contribution < 1.29 is 4.79 Å². The monoisotopic (exact) mass is 123 g/mol. The van der Waals surface area contributed by atoms with Gasteiger partial charge in [-0.25, -0.2) is 0 Å². The van der Waals surface area contributed by atoms with Crippen molar-refractivity contribution in [2.24, 2.45) is 0 Å². The normalized spacial score (nSPS) is 18.3. The number of allylic oxidation sites excluding steroid dienone is 2. The highest BCUT2D eigenvalue weighted by atomic mass is 16.1. The van der Waals surface area contributed by atoms with Crippen LogP contribution in [-0.4, -0.2) is 17.7 Å². The summed E-state index contributed by atoms with van der Waals surface area (Å²) in [5, 5.41) is 0. The zero-order valence-corrected chi connectivity index (χ0v) is 5.37. The van der Waals surface area contributed by atoms with Gasteiger partial charge in [-0.2, -0.15) is 0 Å². The van der Waals surface area contributed by atoms with Crippen molar-refractivity contribution in [2.45, 2.75) is 6.42 Å². The Bertz CT molecular complexity index is 170. The van der Waals surface area contributed by atoms with Gasteiger partial charge in [-0.05, 0) is 12.3 Å². The minimum atomic E-state index is 0.163. The van der Waals surface area contributed by atoms with Gasteiger partial charge in [0, 0.05) is 19.7 Å². The predicted molar refractivity (Wildman–Crippen MR) is 35.7 cm³/mol. The van der Waals surface area contributed by atoms with Crippen LogP contribution in [0, 0.1) is 0 Å². The Balaban J connectivity index is 2.68. The maximum Gasteiger partial charge on any atom is 0.160 e. The largest absolute Gasteiger partial charge is 0.357 e. The van der Waals surface area contributed by atoms with Crippen LogP contribution in [0.3, 0.4) is 0 Å². The van der Waals surface area contributed by atoms with E-state index in [0.29, 0.717) is 6.42 Å². The molecule has 1 heterocycles. The summed E-state index contributed by atoms with van der Waals surface area (Å²) in [5.41, 5.74) is 0. The van der Waals surface area contributed by atoms with Crippen LogP contribution in [0.1, 0.15) is 6.42 Å². The standard InChI is InChI=1S/C7H9NO/c1-8-5-2-3-7(9)4-6-8/h2,4-6H,3H2,1H3.